The molecule has 4 heteroatoms. The van der Waals surface area contributed by atoms with E-state index in [-0.39, 0.29) is 17.2 Å². The average Bonchev–Trinajstić information content (AvgIpc) is 3.10. The van der Waals surface area contributed by atoms with Crippen LogP contribution in [0, 0.1) is 0 Å². The van der Waals surface area contributed by atoms with Crippen LogP contribution >= 0.6 is 0 Å². The predicted octanol–water partition coefficient (Wildman–Crippen LogP) is 2.95. The van der Waals surface area contributed by atoms with Crippen molar-refractivity contribution in [3.05, 3.63) is 59.8 Å². The number of benzene rings is 2. The van der Waals surface area contributed by atoms with Crippen LogP contribution in [-0.4, -0.2) is 15.7 Å². The van der Waals surface area contributed by atoms with Gasteiger partial charge in [-0.15, -0.1) is 0 Å². The zero-order chi connectivity index (χ0) is 14.9. The van der Waals surface area contributed by atoms with E-state index in [9.17, 15) is 4.79 Å². The van der Waals surface area contributed by atoms with Crippen molar-refractivity contribution in [3.8, 4) is 0 Å². The molecule has 1 spiro atoms. The number of carbonyl (C=O) groups excluding carboxylic acids is 1. The molecule has 2 aromatic carbocycles. The van der Waals surface area contributed by atoms with Crippen molar-refractivity contribution in [2.45, 2.75) is 17.8 Å². The molecule has 4 nitrogen and oxygen atoms in total. The van der Waals surface area contributed by atoms with Crippen molar-refractivity contribution in [1.29, 1.82) is 0 Å². The van der Waals surface area contributed by atoms with Crippen molar-refractivity contribution in [1.82, 2.24) is 9.78 Å². The fourth-order valence-corrected chi connectivity index (χ4v) is 3.93. The lowest BCUT2D eigenvalue weighted by Crippen LogP contribution is -2.20. The SMILES string of the molecule is Cn1ncc2ccc(C3C[C@]34C(=O)Nc3ccccc34)cc21. The van der Waals surface area contributed by atoms with Crippen molar-refractivity contribution < 1.29 is 4.79 Å². The molecule has 2 heterocycles. The summed E-state index contributed by atoms with van der Waals surface area (Å²) in [6, 6.07) is 14.5. The number of carbonyl (C=O) groups is 1. The van der Waals surface area contributed by atoms with E-state index in [1.54, 1.807) is 0 Å². The summed E-state index contributed by atoms with van der Waals surface area (Å²) in [6.07, 6.45) is 2.76. The number of nitrogens with one attached hydrogen (secondary N) is 1. The molecule has 1 unspecified atom stereocenters. The Bertz CT molecular complexity index is 942. The maximum atomic E-state index is 12.6. The summed E-state index contributed by atoms with van der Waals surface area (Å²) in [5, 5.41) is 8.47. The van der Waals surface area contributed by atoms with Gasteiger partial charge in [0.1, 0.15) is 0 Å². The van der Waals surface area contributed by atoms with Crippen LogP contribution in [0.2, 0.25) is 0 Å². The Morgan fingerprint density at radius 3 is 3.05 bits per heavy atom. The molecule has 2 atom stereocenters. The minimum Gasteiger partial charge on any atom is -0.325 e. The Balaban J connectivity index is 1.63. The zero-order valence-electron chi connectivity index (χ0n) is 12.2. The first-order valence-corrected chi connectivity index (χ1v) is 7.53. The van der Waals surface area contributed by atoms with E-state index in [4.69, 9.17) is 0 Å². The van der Waals surface area contributed by atoms with Gasteiger partial charge in [-0.2, -0.15) is 5.10 Å². The maximum Gasteiger partial charge on any atom is 0.235 e. The van der Waals surface area contributed by atoms with Gasteiger partial charge in [0, 0.05) is 24.0 Å². The van der Waals surface area contributed by atoms with E-state index in [0.717, 1.165) is 28.6 Å². The predicted molar refractivity (Wildman–Crippen MR) is 84.8 cm³/mol. The third-order valence-electron chi connectivity index (χ3n) is 5.20. The molecule has 1 aliphatic carbocycles. The standard InChI is InChI=1S/C18H15N3O/c1-21-16-8-11(6-7-12(16)10-19-21)14-9-18(14)13-4-2-3-5-15(13)20-17(18)22/h2-8,10,14H,9H2,1H3,(H,20,22)/t14?,18-/m1/s1. The summed E-state index contributed by atoms with van der Waals surface area (Å²) in [4.78, 5) is 12.6. The quantitative estimate of drug-likeness (QED) is 0.748. The second-order valence-electron chi connectivity index (χ2n) is 6.31. The summed E-state index contributed by atoms with van der Waals surface area (Å²) in [7, 11) is 1.95. The monoisotopic (exact) mass is 289 g/mol. The lowest BCUT2D eigenvalue weighted by Gasteiger charge is -2.09. The lowest BCUT2D eigenvalue weighted by molar-refractivity contribution is -0.118. The van der Waals surface area contributed by atoms with Crippen molar-refractivity contribution in [2.24, 2.45) is 7.05 Å². The molecule has 0 radical (unpaired) electrons. The highest BCUT2D eigenvalue weighted by Crippen LogP contribution is 2.64. The Morgan fingerprint density at radius 1 is 1.27 bits per heavy atom. The fourth-order valence-electron chi connectivity index (χ4n) is 3.93. The van der Waals surface area contributed by atoms with E-state index >= 15 is 0 Å². The summed E-state index contributed by atoms with van der Waals surface area (Å²) < 4.78 is 1.89. The average molecular weight is 289 g/mol. The van der Waals surface area contributed by atoms with Crippen LogP contribution in [0.4, 0.5) is 5.69 Å². The molecule has 0 bridgehead atoms. The van der Waals surface area contributed by atoms with Crippen LogP contribution in [0.15, 0.2) is 48.7 Å². The molecular weight excluding hydrogens is 274 g/mol. The van der Waals surface area contributed by atoms with Gasteiger partial charge in [0.05, 0.1) is 17.1 Å². The van der Waals surface area contributed by atoms with Gasteiger partial charge in [-0.05, 0) is 29.7 Å². The highest BCUT2D eigenvalue weighted by atomic mass is 16.2. The van der Waals surface area contributed by atoms with Crippen LogP contribution in [0.3, 0.4) is 0 Å². The third kappa shape index (κ3) is 1.32. The molecule has 1 amide bonds. The van der Waals surface area contributed by atoms with Crippen LogP contribution in [-0.2, 0) is 17.3 Å². The van der Waals surface area contributed by atoms with E-state index in [1.165, 1.54) is 5.56 Å². The molecule has 1 N–H and O–H groups in total. The first-order valence-electron chi connectivity index (χ1n) is 7.53. The molecule has 5 rings (SSSR count). The first kappa shape index (κ1) is 12.0. The third-order valence-corrected chi connectivity index (χ3v) is 5.20. The Morgan fingerprint density at radius 2 is 2.14 bits per heavy atom. The normalized spacial score (nSPS) is 25.5. The number of anilines is 1. The van der Waals surface area contributed by atoms with E-state index in [0.29, 0.717) is 0 Å². The minimum absolute atomic E-state index is 0.142. The Hall–Kier alpha value is -2.62. The smallest absolute Gasteiger partial charge is 0.235 e. The Kier molecular flexibility index (Phi) is 2.05. The van der Waals surface area contributed by atoms with Gasteiger partial charge in [-0.1, -0.05) is 30.3 Å². The van der Waals surface area contributed by atoms with Gasteiger partial charge in [-0.3, -0.25) is 9.48 Å². The van der Waals surface area contributed by atoms with E-state index in [2.05, 4.69) is 34.7 Å². The molecule has 1 saturated carbocycles. The lowest BCUT2D eigenvalue weighted by atomic mass is 9.92. The number of para-hydroxylation sites is 1. The largest absolute Gasteiger partial charge is 0.325 e. The number of nitrogens with zero attached hydrogens (tertiary/aromatic N) is 2. The topological polar surface area (TPSA) is 46.9 Å². The summed E-state index contributed by atoms with van der Waals surface area (Å²) in [5.41, 5.74) is 4.10. The summed E-state index contributed by atoms with van der Waals surface area (Å²) >= 11 is 0. The van der Waals surface area contributed by atoms with Crippen LogP contribution in [0.1, 0.15) is 23.5 Å². The van der Waals surface area contributed by atoms with Crippen molar-refractivity contribution in [2.75, 3.05) is 5.32 Å². The van der Waals surface area contributed by atoms with Gasteiger partial charge < -0.3 is 5.32 Å². The summed E-state index contributed by atoms with van der Waals surface area (Å²) in [5.74, 6) is 0.402. The Labute approximate surface area is 127 Å². The number of hydrogen-bond acceptors (Lipinski definition) is 2. The number of amides is 1. The van der Waals surface area contributed by atoms with Gasteiger partial charge in [0.2, 0.25) is 5.91 Å². The number of aryl methyl sites for hydroxylation is 1. The molecule has 108 valence electrons. The first-order chi connectivity index (χ1) is 10.7. The van der Waals surface area contributed by atoms with Crippen molar-refractivity contribution >= 4 is 22.5 Å². The van der Waals surface area contributed by atoms with Crippen molar-refractivity contribution in [3.63, 3.8) is 0 Å². The molecule has 2 aliphatic rings. The molecule has 22 heavy (non-hydrogen) atoms. The zero-order valence-corrected chi connectivity index (χ0v) is 12.2. The van der Waals surface area contributed by atoms with Gasteiger partial charge in [-0.25, -0.2) is 0 Å². The fraction of sp³-hybridized carbons (Fsp3) is 0.222. The van der Waals surface area contributed by atoms with E-state index < -0.39 is 0 Å². The summed E-state index contributed by atoms with van der Waals surface area (Å²) in [6.45, 7) is 0. The molecule has 3 aromatic rings. The molecule has 1 aromatic heterocycles. The number of hydrogen-bond donors (Lipinski definition) is 1. The van der Waals surface area contributed by atoms with E-state index in [1.807, 2.05) is 36.1 Å². The molecular formula is C18H15N3O. The molecule has 0 saturated heterocycles. The number of fused-ring (bicyclic) bond motifs is 3. The van der Waals surface area contributed by atoms with Gasteiger partial charge in [0.25, 0.3) is 0 Å². The number of rotatable bonds is 1. The van der Waals surface area contributed by atoms with Gasteiger partial charge >= 0.3 is 0 Å². The highest BCUT2D eigenvalue weighted by molar-refractivity contribution is 6.09. The molecule has 1 fully saturated rings. The second-order valence-corrected chi connectivity index (χ2v) is 6.31. The van der Waals surface area contributed by atoms with Crippen LogP contribution in [0.25, 0.3) is 10.9 Å². The minimum atomic E-state index is -0.358. The molecule has 1 aliphatic heterocycles. The van der Waals surface area contributed by atoms with Gasteiger partial charge in [0.15, 0.2) is 0 Å². The maximum absolute atomic E-state index is 12.6. The van der Waals surface area contributed by atoms with Crippen LogP contribution in [0.5, 0.6) is 0 Å². The highest BCUT2D eigenvalue weighted by Gasteiger charge is 2.65. The van der Waals surface area contributed by atoms with Crippen LogP contribution < -0.4 is 5.32 Å². The second kappa shape index (κ2) is 3.77. The number of aromatic nitrogens is 2.